The van der Waals surface area contributed by atoms with Gasteiger partial charge in [0.05, 0.1) is 6.54 Å². The molecule has 5 nitrogen and oxygen atoms in total. The van der Waals surface area contributed by atoms with Crippen LogP contribution in [0.3, 0.4) is 0 Å². The number of rotatable bonds is 4. The molecule has 2 aliphatic rings. The Kier molecular flexibility index (Phi) is 3.54. The molecule has 1 heterocycles. The second-order valence-corrected chi connectivity index (χ2v) is 7.07. The highest BCUT2D eigenvalue weighted by Gasteiger charge is 2.27. The molecular formula is C16H19N5S. The molecule has 0 spiro atoms. The summed E-state index contributed by atoms with van der Waals surface area (Å²) < 4.78 is 0. The van der Waals surface area contributed by atoms with E-state index in [1.54, 1.807) is 11.3 Å². The number of guanidine groups is 1. The molecule has 1 aromatic carbocycles. The van der Waals surface area contributed by atoms with Gasteiger partial charge in [-0.25, -0.2) is 4.99 Å². The molecule has 1 saturated carbocycles. The largest absolute Gasteiger partial charge is 0.370 e. The summed E-state index contributed by atoms with van der Waals surface area (Å²) in [4.78, 5) is 4.37. The highest BCUT2D eigenvalue weighted by molar-refractivity contribution is 7.11. The number of nitrogens with two attached hydrogens (primary N) is 1. The number of hydrogen-bond donors (Lipinski definition) is 2. The fourth-order valence-corrected chi connectivity index (χ4v) is 3.75. The van der Waals surface area contributed by atoms with Gasteiger partial charge in [0.2, 0.25) is 0 Å². The summed E-state index contributed by atoms with van der Waals surface area (Å²) in [6, 6.07) is 6.44. The Morgan fingerprint density at radius 1 is 1.27 bits per heavy atom. The second-order valence-electron chi connectivity index (χ2n) is 5.97. The molecule has 3 N–H and O–H groups in total. The van der Waals surface area contributed by atoms with Crippen LogP contribution in [0.4, 0.5) is 5.69 Å². The smallest absolute Gasteiger partial charge is 0.193 e. The Bertz CT molecular complexity index is 717. The number of benzene rings is 1. The maximum absolute atomic E-state index is 5.97. The SMILES string of the molecule is NC(=NCc1nnc(C2CC2)s1)Nc1ccc2c(c1)CCC2. The van der Waals surface area contributed by atoms with Gasteiger partial charge in [-0.2, -0.15) is 0 Å². The van der Waals surface area contributed by atoms with Crippen molar-refractivity contribution >= 4 is 23.0 Å². The third kappa shape index (κ3) is 2.97. The molecule has 1 fully saturated rings. The van der Waals surface area contributed by atoms with Crippen LogP contribution in [0.2, 0.25) is 0 Å². The maximum Gasteiger partial charge on any atom is 0.193 e. The molecule has 2 aliphatic carbocycles. The van der Waals surface area contributed by atoms with Crippen LogP contribution in [-0.2, 0) is 19.4 Å². The average Bonchev–Trinajstić information content (AvgIpc) is 3.08. The maximum atomic E-state index is 5.97. The molecule has 0 atom stereocenters. The van der Waals surface area contributed by atoms with Gasteiger partial charge in [0.15, 0.2) is 5.96 Å². The van der Waals surface area contributed by atoms with Crippen molar-refractivity contribution in [3.05, 3.63) is 39.3 Å². The molecule has 0 saturated heterocycles. The third-order valence-electron chi connectivity index (χ3n) is 4.16. The number of hydrogen-bond acceptors (Lipinski definition) is 4. The molecule has 0 radical (unpaired) electrons. The third-order valence-corrected chi connectivity index (χ3v) is 5.24. The molecule has 114 valence electrons. The Labute approximate surface area is 133 Å². The van der Waals surface area contributed by atoms with Gasteiger partial charge in [-0.1, -0.05) is 17.4 Å². The predicted molar refractivity (Wildman–Crippen MR) is 89.3 cm³/mol. The number of aryl methyl sites for hydroxylation is 2. The Hall–Kier alpha value is -1.95. The zero-order valence-electron chi connectivity index (χ0n) is 12.4. The van der Waals surface area contributed by atoms with Crippen molar-refractivity contribution in [1.29, 1.82) is 0 Å². The number of nitrogens with one attached hydrogen (secondary N) is 1. The number of anilines is 1. The minimum Gasteiger partial charge on any atom is -0.370 e. The topological polar surface area (TPSA) is 76.2 Å². The van der Waals surface area contributed by atoms with Crippen molar-refractivity contribution in [3.8, 4) is 0 Å². The number of aromatic nitrogens is 2. The first kappa shape index (κ1) is 13.7. The van der Waals surface area contributed by atoms with E-state index in [2.05, 4.69) is 38.7 Å². The second kappa shape index (κ2) is 5.68. The lowest BCUT2D eigenvalue weighted by Crippen LogP contribution is -2.22. The van der Waals surface area contributed by atoms with E-state index in [-0.39, 0.29) is 0 Å². The Morgan fingerprint density at radius 2 is 2.14 bits per heavy atom. The van der Waals surface area contributed by atoms with Gasteiger partial charge in [-0.3, -0.25) is 0 Å². The first-order valence-electron chi connectivity index (χ1n) is 7.79. The minimum atomic E-state index is 0.432. The van der Waals surface area contributed by atoms with Gasteiger partial charge >= 0.3 is 0 Å². The molecule has 1 aromatic heterocycles. The molecular weight excluding hydrogens is 294 g/mol. The molecule has 4 rings (SSSR count). The van der Waals surface area contributed by atoms with Gasteiger partial charge in [0.1, 0.15) is 10.0 Å². The summed E-state index contributed by atoms with van der Waals surface area (Å²) >= 11 is 1.66. The summed E-state index contributed by atoms with van der Waals surface area (Å²) in [5, 5.41) is 13.6. The van der Waals surface area contributed by atoms with E-state index in [0.29, 0.717) is 18.4 Å². The van der Waals surface area contributed by atoms with E-state index >= 15 is 0 Å². The summed E-state index contributed by atoms with van der Waals surface area (Å²) in [6.45, 7) is 0.494. The van der Waals surface area contributed by atoms with Crippen molar-refractivity contribution in [1.82, 2.24) is 10.2 Å². The summed E-state index contributed by atoms with van der Waals surface area (Å²) in [5.41, 5.74) is 9.87. The number of aliphatic imine (C=N–C) groups is 1. The van der Waals surface area contributed by atoms with Crippen LogP contribution in [0, 0.1) is 0 Å². The van der Waals surface area contributed by atoms with Crippen molar-refractivity contribution in [2.75, 3.05) is 5.32 Å². The molecule has 2 aromatic rings. The normalized spacial score (nSPS) is 17.5. The summed E-state index contributed by atoms with van der Waals surface area (Å²) in [6.07, 6.45) is 6.11. The van der Waals surface area contributed by atoms with Gasteiger partial charge in [0, 0.05) is 11.6 Å². The van der Waals surface area contributed by atoms with Gasteiger partial charge in [0.25, 0.3) is 0 Å². The minimum absolute atomic E-state index is 0.432. The van der Waals surface area contributed by atoms with E-state index in [1.807, 2.05) is 0 Å². The van der Waals surface area contributed by atoms with Crippen LogP contribution in [0.25, 0.3) is 0 Å². The fraction of sp³-hybridized carbons (Fsp3) is 0.438. The number of nitrogens with zero attached hydrogens (tertiary/aromatic N) is 3. The first-order valence-corrected chi connectivity index (χ1v) is 8.60. The summed E-state index contributed by atoms with van der Waals surface area (Å²) in [7, 11) is 0. The van der Waals surface area contributed by atoms with E-state index in [9.17, 15) is 0 Å². The average molecular weight is 313 g/mol. The number of fused-ring (bicyclic) bond motifs is 1. The van der Waals surface area contributed by atoms with Gasteiger partial charge < -0.3 is 11.1 Å². The van der Waals surface area contributed by atoms with Crippen LogP contribution in [-0.4, -0.2) is 16.2 Å². The lowest BCUT2D eigenvalue weighted by atomic mass is 10.1. The molecule has 22 heavy (non-hydrogen) atoms. The van der Waals surface area contributed by atoms with Crippen LogP contribution < -0.4 is 11.1 Å². The van der Waals surface area contributed by atoms with Crippen LogP contribution in [0.5, 0.6) is 0 Å². The predicted octanol–water partition coefficient (Wildman–Crippen LogP) is 2.83. The van der Waals surface area contributed by atoms with Crippen molar-refractivity contribution in [2.45, 2.75) is 44.6 Å². The monoisotopic (exact) mass is 313 g/mol. The Morgan fingerprint density at radius 3 is 3.00 bits per heavy atom. The van der Waals surface area contributed by atoms with Crippen molar-refractivity contribution in [2.24, 2.45) is 10.7 Å². The quantitative estimate of drug-likeness (QED) is 0.672. The van der Waals surface area contributed by atoms with Crippen molar-refractivity contribution < 1.29 is 0 Å². The van der Waals surface area contributed by atoms with E-state index in [0.717, 1.165) is 22.1 Å². The highest BCUT2D eigenvalue weighted by atomic mass is 32.1. The zero-order chi connectivity index (χ0) is 14.9. The van der Waals surface area contributed by atoms with Crippen LogP contribution in [0.1, 0.15) is 46.3 Å². The standard InChI is InChI=1S/C16H19N5S/c17-16(18-9-14-20-21-15(22-14)11-4-5-11)19-13-7-6-10-2-1-3-12(10)8-13/h6-8,11H,1-5,9H2,(H3,17,18,19). The fourth-order valence-electron chi connectivity index (χ4n) is 2.82. The van der Waals surface area contributed by atoms with Crippen molar-refractivity contribution in [3.63, 3.8) is 0 Å². The van der Waals surface area contributed by atoms with E-state index < -0.39 is 0 Å². The van der Waals surface area contributed by atoms with Crippen LogP contribution >= 0.6 is 11.3 Å². The molecule has 0 unspecified atom stereocenters. The van der Waals surface area contributed by atoms with E-state index in [1.165, 1.54) is 36.8 Å². The van der Waals surface area contributed by atoms with E-state index in [4.69, 9.17) is 5.73 Å². The molecule has 6 heteroatoms. The van der Waals surface area contributed by atoms with Crippen LogP contribution in [0.15, 0.2) is 23.2 Å². The van der Waals surface area contributed by atoms with Gasteiger partial charge in [-0.15, -0.1) is 10.2 Å². The first-order chi connectivity index (χ1) is 10.8. The molecule has 0 bridgehead atoms. The lowest BCUT2D eigenvalue weighted by Gasteiger charge is -2.07. The highest BCUT2D eigenvalue weighted by Crippen LogP contribution is 2.41. The zero-order valence-corrected chi connectivity index (χ0v) is 13.2. The van der Waals surface area contributed by atoms with Gasteiger partial charge in [-0.05, 0) is 55.4 Å². The summed E-state index contributed by atoms with van der Waals surface area (Å²) in [5.74, 6) is 1.08. The lowest BCUT2D eigenvalue weighted by molar-refractivity contribution is 0.912. The molecule has 0 aliphatic heterocycles. The molecule has 0 amide bonds. The Balaban J connectivity index is 1.39.